The molecule has 1 aromatic heterocycles. The number of ether oxygens (including phenoxy) is 1. The van der Waals surface area contributed by atoms with Crippen molar-refractivity contribution in [3.05, 3.63) is 41.7 Å². The molecule has 8 nitrogen and oxygen atoms in total. The third-order valence-corrected chi connectivity index (χ3v) is 2.93. The number of hydrogen-bond acceptors (Lipinski definition) is 6. The fourth-order valence-electron chi connectivity index (χ4n) is 1.83. The lowest BCUT2D eigenvalue weighted by Crippen LogP contribution is -2.39. The molecule has 0 bridgehead atoms. The van der Waals surface area contributed by atoms with Gasteiger partial charge in [-0.15, -0.1) is 0 Å². The van der Waals surface area contributed by atoms with E-state index in [-0.39, 0.29) is 11.3 Å². The van der Waals surface area contributed by atoms with E-state index in [1.54, 1.807) is 31.2 Å². The number of rotatable bonds is 4. The highest BCUT2D eigenvalue weighted by Crippen LogP contribution is 2.25. The monoisotopic (exact) mass is 317 g/mol. The molecule has 0 spiro atoms. The third kappa shape index (κ3) is 3.94. The Balaban J connectivity index is 2.10. The molecule has 0 aliphatic carbocycles. The number of benzene rings is 1. The summed E-state index contributed by atoms with van der Waals surface area (Å²) in [7, 11) is 1.36. The Morgan fingerprint density at radius 2 is 1.91 bits per heavy atom. The number of carbonyl (C=O) groups is 3. The summed E-state index contributed by atoms with van der Waals surface area (Å²) in [4.78, 5) is 34.6. The van der Waals surface area contributed by atoms with Crippen molar-refractivity contribution in [2.24, 2.45) is 0 Å². The smallest absolute Gasteiger partial charge is 0.344 e. The van der Waals surface area contributed by atoms with E-state index in [0.29, 0.717) is 11.3 Å². The quantitative estimate of drug-likeness (QED) is 0.821. The molecule has 0 radical (unpaired) electrons. The van der Waals surface area contributed by atoms with Crippen LogP contribution in [0.3, 0.4) is 0 Å². The molecule has 0 saturated heterocycles. The Morgan fingerprint density at radius 1 is 1.22 bits per heavy atom. The Labute approximate surface area is 131 Å². The van der Waals surface area contributed by atoms with Gasteiger partial charge in [0.1, 0.15) is 17.0 Å². The van der Waals surface area contributed by atoms with Crippen molar-refractivity contribution < 1.29 is 23.6 Å². The molecule has 0 aliphatic heterocycles. The number of nitrogens with one attached hydrogen (secondary N) is 2. The van der Waals surface area contributed by atoms with Crippen LogP contribution in [0.4, 0.5) is 4.79 Å². The SMILES string of the molecule is CNC(=O)NC(=O)COC(=O)c1c(-c2ccccc2)noc1C. The van der Waals surface area contributed by atoms with Crippen LogP contribution in [0.2, 0.25) is 0 Å². The zero-order valence-corrected chi connectivity index (χ0v) is 12.6. The molecule has 2 rings (SSSR count). The van der Waals surface area contributed by atoms with E-state index >= 15 is 0 Å². The first kappa shape index (κ1) is 16.2. The second-order valence-electron chi connectivity index (χ2n) is 4.53. The van der Waals surface area contributed by atoms with E-state index < -0.39 is 24.5 Å². The van der Waals surface area contributed by atoms with E-state index in [1.807, 2.05) is 11.4 Å². The minimum atomic E-state index is -0.755. The molecule has 0 fully saturated rings. The largest absolute Gasteiger partial charge is 0.452 e. The summed E-state index contributed by atoms with van der Waals surface area (Å²) >= 11 is 0. The molecule has 8 heteroatoms. The third-order valence-electron chi connectivity index (χ3n) is 2.93. The number of carbonyl (C=O) groups excluding carboxylic acids is 3. The number of hydrogen-bond donors (Lipinski definition) is 2. The lowest BCUT2D eigenvalue weighted by Gasteiger charge is -2.05. The van der Waals surface area contributed by atoms with Gasteiger partial charge in [-0.25, -0.2) is 9.59 Å². The summed E-state index contributed by atoms with van der Waals surface area (Å²) in [6.07, 6.45) is 0. The minimum Gasteiger partial charge on any atom is -0.452 e. The van der Waals surface area contributed by atoms with E-state index in [4.69, 9.17) is 9.26 Å². The highest BCUT2D eigenvalue weighted by atomic mass is 16.5. The van der Waals surface area contributed by atoms with Crippen LogP contribution in [0.5, 0.6) is 0 Å². The van der Waals surface area contributed by atoms with Crippen LogP contribution in [0.1, 0.15) is 16.1 Å². The van der Waals surface area contributed by atoms with Gasteiger partial charge in [-0.05, 0) is 6.92 Å². The molecule has 3 amide bonds. The maximum atomic E-state index is 12.2. The van der Waals surface area contributed by atoms with Crippen molar-refractivity contribution in [3.8, 4) is 11.3 Å². The predicted molar refractivity (Wildman–Crippen MR) is 79.6 cm³/mol. The number of nitrogens with zero attached hydrogens (tertiary/aromatic N) is 1. The number of amides is 3. The molecule has 0 unspecified atom stereocenters. The Hall–Kier alpha value is -3.16. The van der Waals surface area contributed by atoms with Gasteiger partial charge in [0.05, 0.1) is 0 Å². The van der Waals surface area contributed by atoms with Crippen molar-refractivity contribution in [1.29, 1.82) is 0 Å². The van der Waals surface area contributed by atoms with Crippen LogP contribution in [0.25, 0.3) is 11.3 Å². The number of aromatic nitrogens is 1. The molecule has 23 heavy (non-hydrogen) atoms. The van der Waals surface area contributed by atoms with Crippen LogP contribution in [-0.4, -0.2) is 36.7 Å². The van der Waals surface area contributed by atoms with Gasteiger partial charge in [0.15, 0.2) is 6.61 Å². The summed E-state index contributed by atoms with van der Waals surface area (Å²) in [5.41, 5.74) is 1.16. The maximum absolute atomic E-state index is 12.2. The summed E-state index contributed by atoms with van der Waals surface area (Å²) in [5.74, 6) is -1.22. The average molecular weight is 317 g/mol. The van der Waals surface area contributed by atoms with Gasteiger partial charge in [0.25, 0.3) is 5.91 Å². The van der Waals surface area contributed by atoms with Crippen molar-refractivity contribution in [2.45, 2.75) is 6.92 Å². The van der Waals surface area contributed by atoms with E-state index in [1.165, 1.54) is 7.05 Å². The lowest BCUT2D eigenvalue weighted by molar-refractivity contribution is -0.123. The Bertz CT molecular complexity index is 724. The van der Waals surface area contributed by atoms with Crippen LogP contribution < -0.4 is 10.6 Å². The van der Waals surface area contributed by atoms with E-state index in [2.05, 4.69) is 10.5 Å². The topological polar surface area (TPSA) is 111 Å². The van der Waals surface area contributed by atoms with Crippen LogP contribution >= 0.6 is 0 Å². The molecule has 2 N–H and O–H groups in total. The van der Waals surface area contributed by atoms with Gasteiger partial charge in [0.2, 0.25) is 0 Å². The second kappa shape index (κ2) is 7.21. The summed E-state index contributed by atoms with van der Waals surface area (Å²) in [6, 6.07) is 8.28. The van der Waals surface area contributed by atoms with Crippen LogP contribution in [0, 0.1) is 6.92 Å². The predicted octanol–water partition coefficient (Wildman–Crippen LogP) is 1.26. The second-order valence-corrected chi connectivity index (χ2v) is 4.53. The lowest BCUT2D eigenvalue weighted by atomic mass is 10.1. The fraction of sp³-hybridized carbons (Fsp3) is 0.200. The van der Waals surface area contributed by atoms with Gasteiger partial charge in [-0.3, -0.25) is 10.1 Å². The van der Waals surface area contributed by atoms with Gasteiger partial charge < -0.3 is 14.6 Å². The van der Waals surface area contributed by atoms with Crippen LogP contribution in [-0.2, 0) is 9.53 Å². The van der Waals surface area contributed by atoms with E-state index in [0.717, 1.165) is 0 Å². The van der Waals surface area contributed by atoms with E-state index in [9.17, 15) is 14.4 Å². The zero-order valence-electron chi connectivity index (χ0n) is 12.6. The number of esters is 1. The Kier molecular flexibility index (Phi) is 5.08. The number of urea groups is 1. The Morgan fingerprint density at radius 3 is 2.57 bits per heavy atom. The molecule has 2 aromatic rings. The summed E-state index contributed by atoms with van der Waals surface area (Å²) in [5, 5.41) is 8.06. The first-order chi connectivity index (χ1) is 11.0. The summed E-state index contributed by atoms with van der Waals surface area (Å²) < 4.78 is 9.95. The molecule has 120 valence electrons. The van der Waals surface area contributed by atoms with Gasteiger partial charge in [-0.1, -0.05) is 35.5 Å². The van der Waals surface area contributed by atoms with Crippen molar-refractivity contribution in [2.75, 3.05) is 13.7 Å². The normalized spacial score (nSPS) is 10.0. The van der Waals surface area contributed by atoms with Crippen molar-refractivity contribution >= 4 is 17.9 Å². The standard InChI is InChI=1S/C15H15N3O5/c1-9-12(13(18-23-9)10-6-4-3-5-7-10)14(20)22-8-11(19)17-15(21)16-2/h3-7H,8H2,1-2H3,(H2,16,17,19,21). The molecule has 0 atom stereocenters. The fourth-order valence-corrected chi connectivity index (χ4v) is 1.83. The number of aryl methyl sites for hydroxylation is 1. The summed E-state index contributed by atoms with van der Waals surface area (Å²) in [6.45, 7) is 0.978. The highest BCUT2D eigenvalue weighted by Gasteiger charge is 2.23. The minimum absolute atomic E-state index is 0.143. The van der Waals surface area contributed by atoms with Crippen molar-refractivity contribution in [1.82, 2.24) is 15.8 Å². The zero-order chi connectivity index (χ0) is 16.8. The van der Waals surface area contributed by atoms with Crippen molar-refractivity contribution in [3.63, 3.8) is 0 Å². The van der Waals surface area contributed by atoms with Gasteiger partial charge in [-0.2, -0.15) is 0 Å². The van der Waals surface area contributed by atoms with Crippen LogP contribution in [0.15, 0.2) is 34.9 Å². The molecular formula is C15H15N3O5. The molecule has 0 saturated carbocycles. The van der Waals surface area contributed by atoms with Gasteiger partial charge >= 0.3 is 12.0 Å². The first-order valence-corrected chi connectivity index (χ1v) is 6.73. The maximum Gasteiger partial charge on any atom is 0.344 e. The molecule has 1 aromatic carbocycles. The molecular weight excluding hydrogens is 302 g/mol. The average Bonchev–Trinajstić information content (AvgIpc) is 2.95. The molecule has 1 heterocycles. The van der Waals surface area contributed by atoms with Gasteiger partial charge in [0, 0.05) is 12.6 Å². The first-order valence-electron chi connectivity index (χ1n) is 6.73. The molecule has 0 aliphatic rings. The highest BCUT2D eigenvalue weighted by molar-refractivity contribution is 5.99. The number of imide groups is 1.